The van der Waals surface area contributed by atoms with E-state index < -0.39 is 34.8 Å². The molecule has 1 aromatic heterocycles. The van der Waals surface area contributed by atoms with Crippen molar-refractivity contribution in [3.05, 3.63) is 112 Å². The molecular weight excluding hydrogens is 498 g/mol. The molecule has 9 nitrogen and oxygen atoms in total. The molecule has 6 rings (SSSR count). The van der Waals surface area contributed by atoms with Crippen molar-refractivity contribution in [1.29, 1.82) is 0 Å². The van der Waals surface area contributed by atoms with Gasteiger partial charge in [-0.25, -0.2) is 9.96 Å². The van der Waals surface area contributed by atoms with Gasteiger partial charge in [0, 0.05) is 17.7 Å². The number of imide groups is 1. The van der Waals surface area contributed by atoms with E-state index in [9.17, 15) is 19.7 Å². The van der Waals surface area contributed by atoms with Crippen molar-refractivity contribution >= 4 is 40.5 Å². The Morgan fingerprint density at radius 3 is 2.16 bits per heavy atom. The Labute approximate surface area is 215 Å². The zero-order valence-electron chi connectivity index (χ0n) is 19.1. The van der Waals surface area contributed by atoms with Gasteiger partial charge in [0.25, 0.3) is 11.6 Å². The fraction of sp³-hybridized carbons (Fsp3) is 0.111. The van der Waals surface area contributed by atoms with Gasteiger partial charge in [-0.3, -0.25) is 24.5 Å². The molecule has 3 heterocycles. The number of benzene rings is 3. The van der Waals surface area contributed by atoms with Crippen LogP contribution in [0.4, 0.5) is 17.1 Å². The summed E-state index contributed by atoms with van der Waals surface area (Å²) in [5, 5.41) is 12.8. The van der Waals surface area contributed by atoms with Crippen molar-refractivity contribution in [3.63, 3.8) is 0 Å². The van der Waals surface area contributed by atoms with E-state index in [0.29, 0.717) is 28.5 Å². The lowest BCUT2D eigenvalue weighted by atomic mass is 9.94. The molecule has 37 heavy (non-hydrogen) atoms. The van der Waals surface area contributed by atoms with Crippen LogP contribution in [0.2, 0.25) is 5.02 Å². The second-order valence-electron chi connectivity index (χ2n) is 8.63. The van der Waals surface area contributed by atoms with Crippen molar-refractivity contribution < 1.29 is 23.8 Å². The number of halogens is 1. The Hall–Kier alpha value is -4.47. The van der Waals surface area contributed by atoms with Gasteiger partial charge in [-0.1, -0.05) is 48.0 Å². The third-order valence-corrected chi connectivity index (χ3v) is 6.80. The minimum atomic E-state index is -1.03. The van der Waals surface area contributed by atoms with Crippen molar-refractivity contribution in [2.45, 2.75) is 12.1 Å². The van der Waals surface area contributed by atoms with Gasteiger partial charge in [-0.15, -0.1) is 0 Å². The van der Waals surface area contributed by atoms with Gasteiger partial charge >= 0.3 is 0 Å². The monoisotopic (exact) mass is 515 g/mol. The molecule has 2 amide bonds. The molecule has 0 unspecified atom stereocenters. The summed E-state index contributed by atoms with van der Waals surface area (Å²) in [5.41, 5.74) is 1.44. The van der Waals surface area contributed by atoms with E-state index >= 15 is 0 Å². The standard InChI is InChI=1S/C27H18ClN3O6/c28-20-15-18(31(34)35)11-12-19(20)21-13-14-22(36-21)24-23-25(37-30(24)17-9-5-2-6-10-17)27(33)29(26(23)32)16-7-3-1-4-8-16/h1-15,23-25H/t23-,24-,25+/m0/s1. The molecule has 0 radical (unpaired) electrons. The van der Waals surface area contributed by atoms with E-state index in [2.05, 4.69) is 0 Å². The molecule has 3 aromatic carbocycles. The molecule has 0 bridgehead atoms. The summed E-state index contributed by atoms with van der Waals surface area (Å²) in [4.78, 5) is 44.8. The van der Waals surface area contributed by atoms with Crippen LogP contribution in [0, 0.1) is 16.0 Å². The molecule has 0 saturated carbocycles. The maximum atomic E-state index is 13.7. The molecule has 0 aliphatic carbocycles. The lowest BCUT2D eigenvalue weighted by Gasteiger charge is -2.27. The first-order valence-electron chi connectivity index (χ1n) is 11.4. The SMILES string of the molecule is O=C1[C@@H]2[C@@H](ON(c3ccccc3)[C@H]2c2ccc(-c3ccc([N+](=O)[O-])cc3Cl)o2)C(=O)N1c1ccccc1. The number of carbonyl (C=O) groups excluding carboxylic acids is 2. The van der Waals surface area contributed by atoms with Crippen LogP contribution in [0.25, 0.3) is 11.3 Å². The van der Waals surface area contributed by atoms with E-state index in [4.69, 9.17) is 20.9 Å². The van der Waals surface area contributed by atoms with Crippen LogP contribution in [0.3, 0.4) is 0 Å². The summed E-state index contributed by atoms with van der Waals surface area (Å²) in [6, 6.07) is 24.6. The molecule has 184 valence electrons. The topological polar surface area (TPSA) is 106 Å². The Bertz CT molecular complexity index is 1520. The lowest BCUT2D eigenvalue weighted by Crippen LogP contribution is -2.37. The van der Waals surface area contributed by atoms with Gasteiger partial charge in [-0.05, 0) is 42.5 Å². The van der Waals surface area contributed by atoms with E-state index in [-0.39, 0.29) is 10.7 Å². The predicted octanol–water partition coefficient (Wildman–Crippen LogP) is 5.56. The summed E-state index contributed by atoms with van der Waals surface area (Å²) >= 11 is 6.31. The van der Waals surface area contributed by atoms with Crippen molar-refractivity contribution in [2.24, 2.45) is 5.92 Å². The second-order valence-corrected chi connectivity index (χ2v) is 9.04. The number of para-hydroxylation sites is 2. The highest BCUT2D eigenvalue weighted by Gasteiger charge is 2.61. The molecule has 2 aliphatic rings. The van der Waals surface area contributed by atoms with Crippen LogP contribution in [-0.4, -0.2) is 22.8 Å². The molecular formula is C27H18ClN3O6. The first-order valence-corrected chi connectivity index (χ1v) is 11.8. The predicted molar refractivity (Wildman–Crippen MR) is 135 cm³/mol. The van der Waals surface area contributed by atoms with Gasteiger partial charge in [0.15, 0.2) is 6.10 Å². The fourth-order valence-corrected chi connectivity index (χ4v) is 5.08. The highest BCUT2D eigenvalue weighted by Crippen LogP contribution is 2.48. The molecule has 2 saturated heterocycles. The number of nitro groups is 1. The molecule has 4 aromatic rings. The fourth-order valence-electron chi connectivity index (χ4n) is 4.81. The molecule has 2 aliphatic heterocycles. The van der Waals surface area contributed by atoms with Crippen LogP contribution in [0.15, 0.2) is 95.4 Å². The highest BCUT2D eigenvalue weighted by atomic mass is 35.5. The van der Waals surface area contributed by atoms with E-state index in [1.165, 1.54) is 23.3 Å². The smallest absolute Gasteiger partial charge is 0.270 e. The molecule has 0 spiro atoms. The third-order valence-electron chi connectivity index (χ3n) is 6.49. The van der Waals surface area contributed by atoms with Gasteiger partial charge in [-0.2, -0.15) is 0 Å². The van der Waals surface area contributed by atoms with Crippen molar-refractivity contribution in [1.82, 2.24) is 0 Å². The number of nitrogens with zero attached hydrogens (tertiary/aromatic N) is 3. The first-order chi connectivity index (χ1) is 17.9. The Balaban J connectivity index is 1.41. The molecule has 3 atom stereocenters. The number of hydrogen-bond acceptors (Lipinski definition) is 7. The van der Waals surface area contributed by atoms with Gasteiger partial charge in [0.2, 0.25) is 5.91 Å². The number of amides is 2. The van der Waals surface area contributed by atoms with Crippen LogP contribution in [-0.2, 0) is 14.4 Å². The molecule has 2 fully saturated rings. The van der Waals surface area contributed by atoms with Crippen molar-refractivity contribution in [3.8, 4) is 11.3 Å². The van der Waals surface area contributed by atoms with E-state index in [1.54, 1.807) is 42.5 Å². The largest absolute Gasteiger partial charge is 0.459 e. The van der Waals surface area contributed by atoms with Crippen LogP contribution in [0.1, 0.15) is 11.8 Å². The summed E-state index contributed by atoms with van der Waals surface area (Å²) in [6.07, 6.45) is -1.03. The van der Waals surface area contributed by atoms with E-state index in [1.807, 2.05) is 30.3 Å². The van der Waals surface area contributed by atoms with Gasteiger partial charge in [0.1, 0.15) is 23.5 Å². The number of carbonyl (C=O) groups is 2. The number of hydroxylamine groups is 1. The lowest BCUT2D eigenvalue weighted by molar-refractivity contribution is -0.384. The summed E-state index contributed by atoms with van der Waals surface area (Å²) in [5.74, 6) is -0.954. The second kappa shape index (κ2) is 8.88. The summed E-state index contributed by atoms with van der Waals surface area (Å²) in [6.45, 7) is 0. The number of nitro benzene ring substituents is 1. The maximum Gasteiger partial charge on any atom is 0.270 e. The van der Waals surface area contributed by atoms with Crippen molar-refractivity contribution in [2.75, 3.05) is 9.96 Å². The highest BCUT2D eigenvalue weighted by molar-refractivity contribution is 6.33. The van der Waals surface area contributed by atoms with Crippen LogP contribution >= 0.6 is 11.6 Å². The maximum absolute atomic E-state index is 13.7. The first kappa shape index (κ1) is 23.0. The number of fused-ring (bicyclic) bond motifs is 1. The van der Waals surface area contributed by atoms with Crippen LogP contribution < -0.4 is 9.96 Å². The zero-order chi connectivity index (χ0) is 25.7. The summed E-state index contributed by atoms with van der Waals surface area (Å²) < 4.78 is 6.16. The number of anilines is 2. The number of non-ortho nitro benzene ring substituents is 1. The van der Waals surface area contributed by atoms with Gasteiger partial charge in [0.05, 0.1) is 21.3 Å². The van der Waals surface area contributed by atoms with Gasteiger partial charge < -0.3 is 4.42 Å². The summed E-state index contributed by atoms with van der Waals surface area (Å²) in [7, 11) is 0. The number of furan rings is 1. The van der Waals surface area contributed by atoms with Crippen LogP contribution in [0.5, 0.6) is 0 Å². The third kappa shape index (κ3) is 3.76. The normalized spacial score (nSPS) is 20.9. The zero-order valence-corrected chi connectivity index (χ0v) is 19.8. The average molecular weight is 516 g/mol. The molecule has 10 heteroatoms. The quantitative estimate of drug-likeness (QED) is 0.194. The average Bonchev–Trinajstić information content (AvgIpc) is 3.60. The number of rotatable bonds is 5. The Kier molecular flexibility index (Phi) is 5.51. The minimum absolute atomic E-state index is 0.140. The van der Waals surface area contributed by atoms with E-state index in [0.717, 1.165) is 4.90 Å². The Morgan fingerprint density at radius 1 is 0.838 bits per heavy atom. The Morgan fingerprint density at radius 2 is 1.51 bits per heavy atom. The molecule has 0 N–H and O–H groups in total. The number of hydrogen-bond donors (Lipinski definition) is 0. The minimum Gasteiger partial charge on any atom is -0.459 e.